The lowest BCUT2D eigenvalue weighted by molar-refractivity contribution is 0.0932. The van der Waals surface area contributed by atoms with Gasteiger partial charge in [0.15, 0.2) is 0 Å². The minimum Gasteiger partial charge on any atom is -0.344 e. The molecule has 3 rings (SSSR count). The Balaban J connectivity index is 1.76. The molecule has 1 aliphatic rings. The van der Waals surface area contributed by atoms with E-state index < -0.39 is 0 Å². The first kappa shape index (κ1) is 11.4. The van der Waals surface area contributed by atoms with Crippen LogP contribution < -0.4 is 5.32 Å². The molecule has 92 valence electrons. The van der Waals surface area contributed by atoms with Gasteiger partial charge in [-0.15, -0.1) is 11.3 Å². The number of carbonyl (C=O) groups is 1. The number of nitrogens with one attached hydrogen (secondary N) is 1. The Morgan fingerprint density at radius 2 is 2.11 bits per heavy atom. The first-order valence-electron chi connectivity index (χ1n) is 6.09. The molecule has 0 saturated heterocycles. The van der Waals surface area contributed by atoms with Crippen LogP contribution in [0.25, 0.3) is 0 Å². The molecule has 1 amide bonds. The summed E-state index contributed by atoms with van der Waals surface area (Å²) >= 11 is 1.71. The molecule has 0 aromatic carbocycles. The lowest BCUT2D eigenvalue weighted by Crippen LogP contribution is -2.29. The van der Waals surface area contributed by atoms with Gasteiger partial charge < -0.3 is 5.32 Å². The number of amides is 1. The van der Waals surface area contributed by atoms with E-state index in [9.17, 15) is 4.79 Å². The third-order valence-electron chi connectivity index (χ3n) is 3.17. The summed E-state index contributed by atoms with van der Waals surface area (Å²) in [5.41, 5.74) is 0.673. The van der Waals surface area contributed by atoms with Crippen LogP contribution in [0.15, 0.2) is 42.0 Å². The largest absolute Gasteiger partial charge is 0.344 e. The van der Waals surface area contributed by atoms with Crippen molar-refractivity contribution in [2.24, 2.45) is 5.92 Å². The van der Waals surface area contributed by atoms with Crippen LogP contribution in [-0.4, -0.2) is 10.9 Å². The average Bonchev–Trinajstić information content (AvgIpc) is 3.11. The van der Waals surface area contributed by atoms with Gasteiger partial charge in [-0.1, -0.05) is 6.07 Å². The standard InChI is InChI=1S/C14H14N2OS/c17-14(11-5-7-15-8-6-11)16-13(10-3-4-10)12-2-1-9-18-12/h1-2,5-10,13H,3-4H2,(H,16,17). The summed E-state index contributed by atoms with van der Waals surface area (Å²) in [6, 6.07) is 7.79. The molecule has 1 atom stereocenters. The van der Waals surface area contributed by atoms with Crippen molar-refractivity contribution in [2.45, 2.75) is 18.9 Å². The number of pyridine rings is 1. The Morgan fingerprint density at radius 3 is 2.72 bits per heavy atom. The number of hydrogen-bond acceptors (Lipinski definition) is 3. The van der Waals surface area contributed by atoms with Crippen LogP contribution in [0.3, 0.4) is 0 Å². The first-order valence-corrected chi connectivity index (χ1v) is 6.97. The van der Waals surface area contributed by atoms with Crippen molar-refractivity contribution in [3.8, 4) is 0 Å². The van der Waals surface area contributed by atoms with Gasteiger partial charge in [-0.3, -0.25) is 9.78 Å². The SMILES string of the molecule is O=C(NC(c1cccs1)C1CC1)c1ccncc1. The van der Waals surface area contributed by atoms with Crippen molar-refractivity contribution in [1.29, 1.82) is 0 Å². The summed E-state index contributed by atoms with van der Waals surface area (Å²) in [5, 5.41) is 5.20. The molecule has 0 spiro atoms. The predicted octanol–water partition coefficient (Wildman–Crippen LogP) is 3.02. The van der Waals surface area contributed by atoms with Crippen LogP contribution in [0.2, 0.25) is 0 Å². The van der Waals surface area contributed by atoms with Crippen molar-refractivity contribution in [2.75, 3.05) is 0 Å². The van der Waals surface area contributed by atoms with Gasteiger partial charge in [0.25, 0.3) is 5.91 Å². The van der Waals surface area contributed by atoms with E-state index in [-0.39, 0.29) is 11.9 Å². The molecule has 4 heteroatoms. The fraction of sp³-hybridized carbons (Fsp3) is 0.286. The molecule has 3 nitrogen and oxygen atoms in total. The number of rotatable bonds is 4. The Labute approximate surface area is 110 Å². The van der Waals surface area contributed by atoms with Crippen molar-refractivity contribution in [1.82, 2.24) is 10.3 Å². The Kier molecular flexibility index (Phi) is 3.11. The van der Waals surface area contributed by atoms with Crippen LogP contribution in [0.4, 0.5) is 0 Å². The van der Waals surface area contributed by atoms with Gasteiger partial charge in [0.05, 0.1) is 6.04 Å². The molecule has 2 aromatic heterocycles. The fourth-order valence-corrected chi connectivity index (χ4v) is 2.92. The summed E-state index contributed by atoms with van der Waals surface area (Å²) in [7, 11) is 0. The van der Waals surface area contributed by atoms with E-state index >= 15 is 0 Å². The van der Waals surface area contributed by atoms with E-state index in [0.717, 1.165) is 0 Å². The highest BCUT2D eigenvalue weighted by Crippen LogP contribution is 2.42. The molecular formula is C14H14N2OS. The molecule has 1 fully saturated rings. The molecule has 0 aliphatic heterocycles. The number of nitrogens with zero attached hydrogens (tertiary/aromatic N) is 1. The van der Waals surface area contributed by atoms with Gasteiger partial charge in [0, 0.05) is 22.8 Å². The molecule has 1 unspecified atom stereocenters. The summed E-state index contributed by atoms with van der Waals surface area (Å²) in [6.45, 7) is 0. The second-order valence-electron chi connectivity index (χ2n) is 4.54. The zero-order valence-electron chi connectivity index (χ0n) is 9.87. The summed E-state index contributed by atoms with van der Waals surface area (Å²) < 4.78 is 0. The maximum absolute atomic E-state index is 12.1. The number of hydrogen-bond donors (Lipinski definition) is 1. The predicted molar refractivity (Wildman–Crippen MR) is 71.5 cm³/mol. The molecule has 1 saturated carbocycles. The van der Waals surface area contributed by atoms with E-state index in [4.69, 9.17) is 0 Å². The summed E-state index contributed by atoms with van der Waals surface area (Å²) in [5.74, 6) is 0.595. The normalized spacial score (nSPS) is 16.2. The second-order valence-corrected chi connectivity index (χ2v) is 5.52. The van der Waals surface area contributed by atoms with Crippen LogP contribution in [0.1, 0.15) is 34.1 Å². The zero-order valence-corrected chi connectivity index (χ0v) is 10.7. The van der Waals surface area contributed by atoms with Crippen molar-refractivity contribution in [3.05, 3.63) is 52.5 Å². The molecule has 1 N–H and O–H groups in total. The number of aromatic nitrogens is 1. The van der Waals surface area contributed by atoms with E-state index in [0.29, 0.717) is 11.5 Å². The molecule has 1 aliphatic carbocycles. The molecule has 0 bridgehead atoms. The van der Waals surface area contributed by atoms with E-state index in [2.05, 4.69) is 21.7 Å². The highest BCUT2D eigenvalue weighted by atomic mass is 32.1. The highest BCUT2D eigenvalue weighted by Gasteiger charge is 2.34. The molecule has 18 heavy (non-hydrogen) atoms. The number of thiophene rings is 1. The maximum atomic E-state index is 12.1. The highest BCUT2D eigenvalue weighted by molar-refractivity contribution is 7.10. The lowest BCUT2D eigenvalue weighted by atomic mass is 10.1. The Morgan fingerprint density at radius 1 is 1.33 bits per heavy atom. The second kappa shape index (κ2) is 4.90. The first-order chi connectivity index (χ1) is 8.84. The molecule has 2 heterocycles. The quantitative estimate of drug-likeness (QED) is 0.916. The van der Waals surface area contributed by atoms with Gasteiger partial charge >= 0.3 is 0 Å². The third kappa shape index (κ3) is 2.43. The van der Waals surface area contributed by atoms with Crippen LogP contribution in [0.5, 0.6) is 0 Å². The van der Waals surface area contributed by atoms with Gasteiger partial charge in [-0.25, -0.2) is 0 Å². The van der Waals surface area contributed by atoms with Gasteiger partial charge in [-0.2, -0.15) is 0 Å². The molecule has 2 aromatic rings. The lowest BCUT2D eigenvalue weighted by Gasteiger charge is -2.16. The van der Waals surface area contributed by atoms with E-state index in [1.807, 2.05) is 6.07 Å². The summed E-state index contributed by atoms with van der Waals surface area (Å²) in [6.07, 6.45) is 5.71. The van der Waals surface area contributed by atoms with Crippen LogP contribution in [-0.2, 0) is 0 Å². The van der Waals surface area contributed by atoms with Gasteiger partial charge in [-0.05, 0) is 42.3 Å². The minimum atomic E-state index is -0.0114. The maximum Gasteiger partial charge on any atom is 0.251 e. The zero-order chi connectivity index (χ0) is 12.4. The van der Waals surface area contributed by atoms with Crippen LogP contribution in [0, 0.1) is 5.92 Å². The third-order valence-corrected chi connectivity index (χ3v) is 4.13. The Bertz CT molecular complexity index is 520. The Hall–Kier alpha value is -1.68. The molecular weight excluding hydrogens is 244 g/mol. The van der Waals surface area contributed by atoms with Crippen LogP contribution >= 0.6 is 11.3 Å². The molecule has 0 radical (unpaired) electrons. The monoisotopic (exact) mass is 258 g/mol. The average molecular weight is 258 g/mol. The van der Waals surface area contributed by atoms with Crippen molar-refractivity contribution < 1.29 is 4.79 Å². The summed E-state index contributed by atoms with van der Waals surface area (Å²) in [4.78, 5) is 17.3. The van der Waals surface area contributed by atoms with Crippen molar-refractivity contribution in [3.63, 3.8) is 0 Å². The van der Waals surface area contributed by atoms with Gasteiger partial charge in [0.2, 0.25) is 0 Å². The topological polar surface area (TPSA) is 42.0 Å². The van der Waals surface area contributed by atoms with E-state index in [1.165, 1.54) is 17.7 Å². The van der Waals surface area contributed by atoms with Crippen molar-refractivity contribution >= 4 is 17.2 Å². The van der Waals surface area contributed by atoms with Gasteiger partial charge in [0.1, 0.15) is 0 Å². The number of carbonyl (C=O) groups excluding carboxylic acids is 1. The fourth-order valence-electron chi connectivity index (χ4n) is 2.05. The van der Waals surface area contributed by atoms with E-state index in [1.54, 1.807) is 35.9 Å². The minimum absolute atomic E-state index is 0.0114. The smallest absolute Gasteiger partial charge is 0.251 e.